The zero-order valence-electron chi connectivity index (χ0n) is 14.0. The fraction of sp³-hybridized carbons (Fsp3) is 1.00. The van der Waals surface area contributed by atoms with Crippen LogP contribution in [0.25, 0.3) is 0 Å². The molecule has 0 saturated heterocycles. The van der Waals surface area contributed by atoms with E-state index in [1.54, 1.807) is 0 Å². The first-order chi connectivity index (χ1) is 9.17. The second-order valence-electron chi connectivity index (χ2n) is 6.10. The molecule has 0 aliphatic rings. The van der Waals surface area contributed by atoms with Crippen LogP contribution in [0.3, 0.4) is 0 Å². The number of hydrogen-bond acceptors (Lipinski definition) is 2. The summed E-state index contributed by atoms with van der Waals surface area (Å²) in [5.74, 6) is 0. The lowest BCUT2D eigenvalue weighted by Gasteiger charge is -2.32. The highest BCUT2D eigenvalue weighted by molar-refractivity contribution is 4.74. The molecule has 0 aromatic rings. The Bertz CT molecular complexity index is 182. The molecule has 0 saturated carbocycles. The standard InChI is InChI=1S/C17H38N2/c1-5-7-8-9-10-11-12-14-17(15-18)19(4)16(3)13-6-2/h16-17H,5-15,18H2,1-4H3. The van der Waals surface area contributed by atoms with Gasteiger partial charge in [0.2, 0.25) is 0 Å². The number of nitrogens with zero attached hydrogens (tertiary/aromatic N) is 1. The van der Waals surface area contributed by atoms with Crippen LogP contribution in [-0.4, -0.2) is 30.6 Å². The van der Waals surface area contributed by atoms with Crippen LogP contribution in [0.1, 0.15) is 85.0 Å². The molecule has 0 aromatic heterocycles. The largest absolute Gasteiger partial charge is 0.329 e. The van der Waals surface area contributed by atoms with Gasteiger partial charge in [-0.05, 0) is 26.8 Å². The molecule has 2 unspecified atom stereocenters. The molecule has 0 fully saturated rings. The predicted molar refractivity (Wildman–Crippen MR) is 87.6 cm³/mol. The minimum atomic E-state index is 0.581. The zero-order chi connectivity index (χ0) is 14.5. The van der Waals surface area contributed by atoms with Crippen LogP contribution < -0.4 is 5.73 Å². The van der Waals surface area contributed by atoms with Crippen molar-refractivity contribution in [1.82, 2.24) is 4.90 Å². The molecule has 0 radical (unpaired) electrons. The van der Waals surface area contributed by atoms with Gasteiger partial charge in [-0.3, -0.25) is 4.90 Å². The maximum atomic E-state index is 5.95. The fourth-order valence-corrected chi connectivity index (χ4v) is 2.81. The van der Waals surface area contributed by atoms with E-state index >= 15 is 0 Å². The predicted octanol–water partition coefficient (Wildman–Crippen LogP) is 4.57. The summed E-state index contributed by atoms with van der Waals surface area (Å²) in [6.07, 6.45) is 13.5. The van der Waals surface area contributed by atoms with Crippen molar-refractivity contribution in [3.8, 4) is 0 Å². The van der Waals surface area contributed by atoms with Crippen LogP contribution in [0, 0.1) is 0 Å². The monoisotopic (exact) mass is 270 g/mol. The van der Waals surface area contributed by atoms with E-state index in [-0.39, 0.29) is 0 Å². The quantitative estimate of drug-likeness (QED) is 0.497. The molecule has 0 aromatic carbocycles. The van der Waals surface area contributed by atoms with Gasteiger partial charge < -0.3 is 5.73 Å². The van der Waals surface area contributed by atoms with Crippen LogP contribution in [0.15, 0.2) is 0 Å². The molecule has 2 heteroatoms. The lowest BCUT2D eigenvalue weighted by molar-refractivity contribution is 0.168. The third-order valence-electron chi connectivity index (χ3n) is 4.39. The van der Waals surface area contributed by atoms with E-state index in [0.29, 0.717) is 12.1 Å². The molecule has 0 bridgehead atoms. The molecule has 0 amide bonds. The van der Waals surface area contributed by atoms with Gasteiger partial charge in [0, 0.05) is 18.6 Å². The van der Waals surface area contributed by atoms with Gasteiger partial charge in [0.15, 0.2) is 0 Å². The van der Waals surface area contributed by atoms with Gasteiger partial charge in [-0.2, -0.15) is 0 Å². The van der Waals surface area contributed by atoms with Gasteiger partial charge in [0.05, 0.1) is 0 Å². The van der Waals surface area contributed by atoms with Crippen LogP contribution in [0.2, 0.25) is 0 Å². The van der Waals surface area contributed by atoms with Crippen LogP contribution in [0.4, 0.5) is 0 Å². The van der Waals surface area contributed by atoms with Crippen molar-refractivity contribution in [2.45, 2.75) is 97.1 Å². The number of nitrogens with two attached hydrogens (primary N) is 1. The van der Waals surface area contributed by atoms with Gasteiger partial charge in [0.25, 0.3) is 0 Å². The molecule has 0 spiro atoms. The van der Waals surface area contributed by atoms with Crippen molar-refractivity contribution < 1.29 is 0 Å². The summed E-state index contributed by atoms with van der Waals surface area (Å²) in [5, 5.41) is 0. The lowest BCUT2D eigenvalue weighted by Crippen LogP contribution is -2.43. The maximum absolute atomic E-state index is 5.95. The Morgan fingerprint density at radius 1 is 0.842 bits per heavy atom. The first kappa shape index (κ1) is 18.9. The van der Waals surface area contributed by atoms with E-state index in [1.165, 1.54) is 64.2 Å². The average Bonchev–Trinajstić information content (AvgIpc) is 2.41. The number of unbranched alkanes of at least 4 members (excludes halogenated alkanes) is 6. The summed E-state index contributed by atoms with van der Waals surface area (Å²) >= 11 is 0. The van der Waals surface area contributed by atoms with E-state index in [2.05, 4.69) is 32.7 Å². The number of rotatable bonds is 13. The molecule has 0 rings (SSSR count). The highest BCUT2D eigenvalue weighted by Crippen LogP contribution is 2.15. The summed E-state index contributed by atoms with van der Waals surface area (Å²) in [7, 11) is 2.25. The van der Waals surface area contributed by atoms with Gasteiger partial charge >= 0.3 is 0 Å². The lowest BCUT2D eigenvalue weighted by atomic mass is 10.0. The van der Waals surface area contributed by atoms with Gasteiger partial charge in [-0.1, -0.05) is 65.2 Å². The van der Waals surface area contributed by atoms with Crippen molar-refractivity contribution in [3.63, 3.8) is 0 Å². The van der Waals surface area contributed by atoms with Crippen molar-refractivity contribution in [2.24, 2.45) is 5.73 Å². The maximum Gasteiger partial charge on any atom is 0.0218 e. The second kappa shape index (κ2) is 12.9. The van der Waals surface area contributed by atoms with Gasteiger partial charge in [0.1, 0.15) is 0 Å². The Morgan fingerprint density at radius 2 is 1.42 bits per heavy atom. The van der Waals surface area contributed by atoms with E-state index in [4.69, 9.17) is 5.73 Å². The fourth-order valence-electron chi connectivity index (χ4n) is 2.81. The minimum Gasteiger partial charge on any atom is -0.329 e. The van der Waals surface area contributed by atoms with E-state index in [9.17, 15) is 0 Å². The van der Waals surface area contributed by atoms with Crippen molar-refractivity contribution >= 4 is 0 Å². The second-order valence-corrected chi connectivity index (χ2v) is 6.10. The molecule has 2 atom stereocenters. The molecule has 0 aliphatic heterocycles. The molecule has 2 nitrogen and oxygen atoms in total. The van der Waals surface area contributed by atoms with Crippen LogP contribution in [0.5, 0.6) is 0 Å². The normalized spacial score (nSPS) is 14.8. The van der Waals surface area contributed by atoms with E-state index in [1.807, 2.05) is 0 Å². The van der Waals surface area contributed by atoms with Crippen molar-refractivity contribution in [2.75, 3.05) is 13.6 Å². The Morgan fingerprint density at radius 3 is 1.95 bits per heavy atom. The SMILES string of the molecule is CCCCCCCCCC(CN)N(C)C(C)CCC. The summed E-state index contributed by atoms with van der Waals surface area (Å²) in [6, 6.07) is 1.25. The smallest absolute Gasteiger partial charge is 0.0218 e. The Balaban J connectivity index is 3.69. The number of likely N-dealkylation sites (N-methyl/N-ethyl adjacent to an activating group) is 1. The highest BCUT2D eigenvalue weighted by atomic mass is 15.2. The van der Waals surface area contributed by atoms with E-state index in [0.717, 1.165) is 6.54 Å². The highest BCUT2D eigenvalue weighted by Gasteiger charge is 2.17. The van der Waals surface area contributed by atoms with Crippen molar-refractivity contribution in [3.05, 3.63) is 0 Å². The first-order valence-electron chi connectivity index (χ1n) is 8.59. The molecular weight excluding hydrogens is 232 g/mol. The Labute approximate surface area is 122 Å². The van der Waals surface area contributed by atoms with Gasteiger partial charge in [-0.25, -0.2) is 0 Å². The minimum absolute atomic E-state index is 0.581. The third kappa shape index (κ3) is 9.45. The summed E-state index contributed by atoms with van der Waals surface area (Å²) < 4.78 is 0. The van der Waals surface area contributed by atoms with Crippen molar-refractivity contribution in [1.29, 1.82) is 0 Å². The summed E-state index contributed by atoms with van der Waals surface area (Å²) in [6.45, 7) is 7.68. The van der Waals surface area contributed by atoms with Gasteiger partial charge in [-0.15, -0.1) is 0 Å². The molecule has 116 valence electrons. The Hall–Kier alpha value is -0.0800. The average molecular weight is 271 g/mol. The van der Waals surface area contributed by atoms with Crippen LogP contribution in [-0.2, 0) is 0 Å². The summed E-state index contributed by atoms with van der Waals surface area (Å²) in [5.41, 5.74) is 5.95. The van der Waals surface area contributed by atoms with Crippen LogP contribution >= 0.6 is 0 Å². The zero-order valence-corrected chi connectivity index (χ0v) is 14.0. The molecule has 0 heterocycles. The Kier molecular flexibility index (Phi) is 12.9. The summed E-state index contributed by atoms with van der Waals surface area (Å²) in [4.78, 5) is 2.50. The molecule has 19 heavy (non-hydrogen) atoms. The first-order valence-corrected chi connectivity index (χ1v) is 8.59. The molecular formula is C17H38N2. The molecule has 0 aliphatic carbocycles. The third-order valence-corrected chi connectivity index (χ3v) is 4.39. The topological polar surface area (TPSA) is 29.3 Å². The number of hydrogen-bond donors (Lipinski definition) is 1. The van der Waals surface area contributed by atoms with E-state index < -0.39 is 0 Å². The molecule has 2 N–H and O–H groups in total.